The second-order valence-electron chi connectivity index (χ2n) is 2.75. The fourth-order valence-electron chi connectivity index (χ4n) is 0.900. The predicted molar refractivity (Wildman–Crippen MR) is 54.2 cm³/mol. The van der Waals surface area contributed by atoms with Gasteiger partial charge in [-0.3, -0.25) is 4.72 Å². The van der Waals surface area contributed by atoms with Crippen LogP contribution in [0.4, 0.5) is 5.82 Å². The molecule has 16 heavy (non-hydrogen) atoms. The van der Waals surface area contributed by atoms with E-state index >= 15 is 0 Å². The number of anilines is 1. The summed E-state index contributed by atoms with van der Waals surface area (Å²) in [6.45, 7) is 0. The number of pyridine rings is 1. The van der Waals surface area contributed by atoms with Gasteiger partial charge in [-0.15, -0.1) is 0 Å². The molecule has 0 saturated carbocycles. The first-order valence-corrected chi connectivity index (χ1v) is 5.66. The lowest BCUT2D eigenvalue weighted by Gasteiger charge is -2.04. The average Bonchev–Trinajstić information content (AvgIpc) is 2.17. The molecule has 0 aliphatic carbocycles. The number of nitriles is 1. The molecule has 0 bridgehead atoms. The summed E-state index contributed by atoms with van der Waals surface area (Å²) >= 11 is 0. The molecule has 0 aliphatic rings. The molecule has 0 unspecified atom stereocenters. The number of nitrogens with one attached hydrogen (secondary N) is 1. The number of sulfonamides is 1. The Balaban J connectivity index is 2.95. The monoisotopic (exact) mass is 241 g/mol. The third kappa shape index (κ3) is 3.21. The van der Waals surface area contributed by atoms with E-state index in [-0.39, 0.29) is 11.4 Å². The minimum Gasteiger partial charge on any atom is -0.478 e. The van der Waals surface area contributed by atoms with E-state index in [1.54, 1.807) is 0 Å². The molecule has 0 amide bonds. The molecule has 7 nitrogen and oxygen atoms in total. The Morgan fingerprint density at radius 3 is 2.88 bits per heavy atom. The summed E-state index contributed by atoms with van der Waals surface area (Å²) < 4.78 is 24.3. The number of nitrogens with zero attached hydrogens (tertiary/aromatic N) is 2. The van der Waals surface area contributed by atoms with E-state index in [1.165, 1.54) is 12.1 Å². The zero-order chi connectivity index (χ0) is 12.2. The minimum absolute atomic E-state index is 0.0929. The third-order valence-electron chi connectivity index (χ3n) is 1.52. The Morgan fingerprint density at radius 2 is 2.31 bits per heavy atom. The highest BCUT2D eigenvalue weighted by molar-refractivity contribution is 7.92. The van der Waals surface area contributed by atoms with Gasteiger partial charge in [0, 0.05) is 6.20 Å². The van der Waals surface area contributed by atoms with E-state index in [4.69, 9.17) is 10.4 Å². The number of carboxylic acids is 1. The van der Waals surface area contributed by atoms with Crippen LogP contribution in [0.5, 0.6) is 0 Å². The van der Waals surface area contributed by atoms with Crippen molar-refractivity contribution in [2.45, 2.75) is 0 Å². The van der Waals surface area contributed by atoms with E-state index in [0.717, 1.165) is 12.3 Å². The maximum atomic E-state index is 11.2. The zero-order valence-electron chi connectivity index (χ0n) is 7.91. The first-order valence-electron chi connectivity index (χ1n) is 4.01. The molecule has 0 spiro atoms. The highest BCUT2D eigenvalue weighted by Crippen LogP contribution is 2.08. The molecular formula is C8H7N3O4S. The number of hydrogen-bond donors (Lipinski definition) is 2. The Bertz CT molecular complexity index is 547. The molecule has 0 fully saturated rings. The van der Waals surface area contributed by atoms with Crippen molar-refractivity contribution < 1.29 is 18.3 Å². The molecule has 1 aromatic rings. The van der Waals surface area contributed by atoms with Crippen LogP contribution in [0.1, 0.15) is 10.4 Å². The second kappa shape index (κ2) is 4.59. The highest BCUT2D eigenvalue weighted by Gasteiger charge is 2.11. The lowest BCUT2D eigenvalue weighted by Crippen LogP contribution is -2.16. The fourth-order valence-corrected chi connectivity index (χ4v) is 1.57. The topological polar surface area (TPSA) is 120 Å². The number of aromatic carboxylic acids is 1. The van der Waals surface area contributed by atoms with E-state index < -0.39 is 21.7 Å². The average molecular weight is 241 g/mol. The molecule has 2 N–H and O–H groups in total. The largest absolute Gasteiger partial charge is 0.478 e. The van der Waals surface area contributed by atoms with Gasteiger partial charge >= 0.3 is 5.97 Å². The van der Waals surface area contributed by atoms with Crippen LogP contribution in [-0.4, -0.2) is 30.2 Å². The molecule has 0 radical (unpaired) electrons. The van der Waals surface area contributed by atoms with Crippen LogP contribution in [0, 0.1) is 11.3 Å². The van der Waals surface area contributed by atoms with Gasteiger partial charge in [0.1, 0.15) is 5.82 Å². The molecule has 1 heterocycles. The Kier molecular flexibility index (Phi) is 3.42. The molecule has 0 aromatic carbocycles. The predicted octanol–water partition coefficient (Wildman–Crippen LogP) is 0.0451. The van der Waals surface area contributed by atoms with Crippen LogP contribution in [0.25, 0.3) is 0 Å². The standard InChI is InChI=1S/C8H7N3O4S/c9-2-4-16(14,15)11-7-5-6(8(12)13)1-3-10-7/h1,3,5H,4H2,(H,10,11)(H,12,13). The van der Waals surface area contributed by atoms with Gasteiger partial charge in [-0.2, -0.15) is 5.26 Å². The lowest BCUT2D eigenvalue weighted by atomic mass is 10.3. The third-order valence-corrected chi connectivity index (χ3v) is 2.55. The number of aromatic nitrogens is 1. The van der Waals surface area contributed by atoms with Crippen LogP contribution >= 0.6 is 0 Å². The number of carbonyl (C=O) groups is 1. The van der Waals surface area contributed by atoms with Crippen LogP contribution in [0.3, 0.4) is 0 Å². The van der Waals surface area contributed by atoms with Gasteiger partial charge in [-0.1, -0.05) is 0 Å². The molecule has 8 heteroatoms. The van der Waals surface area contributed by atoms with Crippen LogP contribution in [0.15, 0.2) is 18.3 Å². The van der Waals surface area contributed by atoms with Gasteiger partial charge in [0.05, 0.1) is 11.6 Å². The van der Waals surface area contributed by atoms with Crippen molar-refractivity contribution in [1.29, 1.82) is 5.26 Å². The first kappa shape index (κ1) is 11.9. The Labute approximate surface area is 91.4 Å². The normalized spacial score (nSPS) is 10.4. The van der Waals surface area contributed by atoms with Crippen LogP contribution in [-0.2, 0) is 10.0 Å². The maximum Gasteiger partial charge on any atom is 0.335 e. The summed E-state index contributed by atoms with van der Waals surface area (Å²) in [5, 5.41) is 16.9. The van der Waals surface area contributed by atoms with Crippen molar-refractivity contribution in [1.82, 2.24) is 4.98 Å². The molecule has 1 aromatic heterocycles. The lowest BCUT2D eigenvalue weighted by molar-refractivity contribution is 0.0697. The number of hydrogen-bond acceptors (Lipinski definition) is 5. The van der Waals surface area contributed by atoms with Gasteiger partial charge < -0.3 is 5.11 Å². The van der Waals surface area contributed by atoms with Crippen molar-refractivity contribution in [3.63, 3.8) is 0 Å². The zero-order valence-corrected chi connectivity index (χ0v) is 8.73. The van der Waals surface area contributed by atoms with E-state index in [1.807, 2.05) is 4.72 Å². The van der Waals surface area contributed by atoms with Gasteiger partial charge in [0.15, 0.2) is 5.75 Å². The smallest absolute Gasteiger partial charge is 0.335 e. The molecule has 84 valence electrons. The van der Waals surface area contributed by atoms with Gasteiger partial charge in [0.2, 0.25) is 10.0 Å². The molecular weight excluding hydrogens is 234 g/mol. The fraction of sp³-hybridized carbons (Fsp3) is 0.125. The summed E-state index contributed by atoms with van der Waals surface area (Å²) in [7, 11) is -3.79. The van der Waals surface area contributed by atoms with Crippen LogP contribution < -0.4 is 4.72 Å². The van der Waals surface area contributed by atoms with Crippen molar-refractivity contribution in [2.24, 2.45) is 0 Å². The Morgan fingerprint density at radius 1 is 1.62 bits per heavy atom. The van der Waals surface area contributed by atoms with Crippen molar-refractivity contribution in [3.05, 3.63) is 23.9 Å². The quantitative estimate of drug-likeness (QED) is 0.768. The summed E-state index contributed by atoms with van der Waals surface area (Å²) in [6.07, 6.45) is 1.16. The maximum absolute atomic E-state index is 11.2. The molecule has 1 rings (SSSR count). The van der Waals surface area contributed by atoms with Crippen molar-refractivity contribution >= 4 is 21.8 Å². The summed E-state index contributed by atoms with van der Waals surface area (Å²) in [5.74, 6) is -2.04. The van der Waals surface area contributed by atoms with Gasteiger partial charge in [-0.25, -0.2) is 18.2 Å². The number of rotatable bonds is 4. The molecule has 0 saturated heterocycles. The summed E-state index contributed by atoms with van der Waals surface area (Å²) in [5.41, 5.74) is -0.0929. The van der Waals surface area contributed by atoms with E-state index in [2.05, 4.69) is 4.98 Å². The summed E-state index contributed by atoms with van der Waals surface area (Å²) in [4.78, 5) is 14.2. The molecule has 0 atom stereocenters. The second-order valence-corrected chi connectivity index (χ2v) is 4.48. The van der Waals surface area contributed by atoms with Gasteiger partial charge in [0.25, 0.3) is 0 Å². The van der Waals surface area contributed by atoms with E-state index in [0.29, 0.717) is 0 Å². The van der Waals surface area contributed by atoms with Gasteiger partial charge in [-0.05, 0) is 12.1 Å². The minimum atomic E-state index is -3.79. The van der Waals surface area contributed by atoms with Crippen LogP contribution in [0.2, 0.25) is 0 Å². The SMILES string of the molecule is N#CCS(=O)(=O)Nc1cc(C(=O)O)ccn1. The molecule has 0 aliphatic heterocycles. The van der Waals surface area contributed by atoms with E-state index in [9.17, 15) is 13.2 Å². The number of carboxylic acid groups (broad SMARTS) is 1. The summed E-state index contributed by atoms with van der Waals surface area (Å²) in [6, 6.07) is 3.76. The van der Waals surface area contributed by atoms with Crippen molar-refractivity contribution in [3.8, 4) is 6.07 Å². The first-order chi connectivity index (χ1) is 7.44. The Hall–Kier alpha value is -2.14. The highest BCUT2D eigenvalue weighted by atomic mass is 32.2. The van der Waals surface area contributed by atoms with Crippen molar-refractivity contribution in [2.75, 3.05) is 10.5 Å².